The highest BCUT2D eigenvalue weighted by Crippen LogP contribution is 2.37. The predicted molar refractivity (Wildman–Crippen MR) is 116 cm³/mol. The summed E-state index contributed by atoms with van der Waals surface area (Å²) >= 11 is 0. The summed E-state index contributed by atoms with van der Waals surface area (Å²) in [6.07, 6.45) is 7.11. The Bertz CT molecular complexity index is 1200. The van der Waals surface area contributed by atoms with Crippen molar-refractivity contribution in [1.29, 1.82) is 0 Å². The molecule has 0 spiro atoms. The van der Waals surface area contributed by atoms with Crippen molar-refractivity contribution < 1.29 is 14.6 Å². The second-order valence-electron chi connectivity index (χ2n) is 7.84. The van der Waals surface area contributed by atoms with E-state index in [2.05, 4.69) is 19.9 Å². The van der Waals surface area contributed by atoms with Gasteiger partial charge in [-0.2, -0.15) is 0 Å². The molecule has 0 saturated heterocycles. The van der Waals surface area contributed by atoms with Gasteiger partial charge < -0.3 is 14.8 Å². The molecule has 2 aromatic carbocycles. The summed E-state index contributed by atoms with van der Waals surface area (Å²) in [5.74, 6) is 1.68. The third kappa shape index (κ3) is 3.92. The number of aromatic nitrogens is 4. The quantitative estimate of drug-likeness (QED) is 0.461. The monoisotopic (exact) mass is 414 g/mol. The first-order valence-corrected chi connectivity index (χ1v) is 10.4. The highest BCUT2D eigenvalue weighted by Gasteiger charge is 2.26. The molecule has 0 aliphatic heterocycles. The van der Waals surface area contributed by atoms with Gasteiger partial charge >= 0.3 is 0 Å². The number of rotatable bonds is 5. The fourth-order valence-corrected chi connectivity index (χ4v) is 4.21. The minimum absolute atomic E-state index is 0.108. The average Bonchev–Trinajstić information content (AvgIpc) is 3.24. The molecule has 1 aliphatic rings. The van der Waals surface area contributed by atoms with Crippen molar-refractivity contribution in [2.45, 2.75) is 37.7 Å². The molecular formula is C24H22N4O3. The van der Waals surface area contributed by atoms with Crippen LogP contribution >= 0.6 is 0 Å². The van der Waals surface area contributed by atoms with E-state index in [1.54, 1.807) is 30.6 Å². The molecule has 0 unspecified atom stereocenters. The lowest BCUT2D eigenvalue weighted by Gasteiger charge is -2.26. The Morgan fingerprint density at radius 1 is 1.10 bits per heavy atom. The average molecular weight is 414 g/mol. The summed E-state index contributed by atoms with van der Waals surface area (Å²) < 4.78 is 6.12. The predicted octanol–water partition coefficient (Wildman–Crippen LogP) is 4.64. The third-order valence-electron chi connectivity index (χ3n) is 5.74. The van der Waals surface area contributed by atoms with Crippen LogP contribution in [0.3, 0.4) is 0 Å². The van der Waals surface area contributed by atoms with Crippen molar-refractivity contribution in [2.24, 2.45) is 0 Å². The second kappa shape index (κ2) is 8.28. The number of aldehydes is 1. The van der Waals surface area contributed by atoms with Gasteiger partial charge in [0.05, 0.1) is 17.1 Å². The molecule has 2 aromatic heterocycles. The van der Waals surface area contributed by atoms with E-state index >= 15 is 0 Å². The van der Waals surface area contributed by atoms with Gasteiger partial charge in [-0.25, -0.2) is 9.97 Å². The van der Waals surface area contributed by atoms with Gasteiger partial charge in [0.25, 0.3) is 0 Å². The van der Waals surface area contributed by atoms with Crippen LogP contribution in [0.25, 0.3) is 22.4 Å². The van der Waals surface area contributed by atoms with Gasteiger partial charge in [-0.15, -0.1) is 0 Å². The number of carbonyl (C=O) groups is 1. The van der Waals surface area contributed by atoms with Crippen molar-refractivity contribution in [3.05, 3.63) is 66.1 Å². The van der Waals surface area contributed by atoms with E-state index in [0.29, 0.717) is 35.0 Å². The molecule has 0 radical (unpaired) electrons. The van der Waals surface area contributed by atoms with Crippen molar-refractivity contribution >= 4 is 17.3 Å². The van der Waals surface area contributed by atoms with E-state index in [-0.39, 0.29) is 12.0 Å². The smallest absolute Gasteiger partial charge is 0.241 e. The van der Waals surface area contributed by atoms with Crippen molar-refractivity contribution in [2.75, 3.05) is 0 Å². The highest BCUT2D eigenvalue weighted by molar-refractivity contribution is 5.89. The van der Waals surface area contributed by atoms with Crippen LogP contribution in [0.1, 0.15) is 47.7 Å². The molecular weight excluding hydrogens is 392 g/mol. The first-order chi connectivity index (χ1) is 15.2. The number of nitrogens with one attached hydrogen (secondary N) is 1. The first-order valence-electron chi connectivity index (χ1n) is 10.4. The summed E-state index contributed by atoms with van der Waals surface area (Å²) in [6, 6.07) is 13.0. The van der Waals surface area contributed by atoms with Crippen LogP contribution in [0.4, 0.5) is 0 Å². The topological polar surface area (TPSA) is 101 Å². The normalized spacial score (nSPS) is 18.7. The number of fused-ring (bicyclic) bond motifs is 1. The number of carbonyl (C=O) groups excluding carboxylic acids is 1. The van der Waals surface area contributed by atoms with Gasteiger partial charge in [0.2, 0.25) is 5.88 Å². The number of aliphatic hydroxyl groups excluding tert-OH is 1. The van der Waals surface area contributed by atoms with Crippen LogP contribution in [0.2, 0.25) is 0 Å². The lowest BCUT2D eigenvalue weighted by atomic mass is 9.85. The number of H-pyrrole nitrogens is 1. The van der Waals surface area contributed by atoms with Gasteiger partial charge in [-0.1, -0.05) is 18.6 Å². The van der Waals surface area contributed by atoms with E-state index in [1.165, 1.54) is 0 Å². The summed E-state index contributed by atoms with van der Waals surface area (Å²) in [4.78, 5) is 28.4. The zero-order chi connectivity index (χ0) is 21.2. The maximum absolute atomic E-state index is 11.6. The molecule has 1 fully saturated rings. The van der Waals surface area contributed by atoms with Crippen LogP contribution < -0.4 is 4.74 Å². The Kier molecular flexibility index (Phi) is 5.18. The molecule has 1 aliphatic carbocycles. The zero-order valence-electron chi connectivity index (χ0n) is 16.9. The number of hydrogen-bond donors (Lipinski definition) is 2. The fourth-order valence-electron chi connectivity index (χ4n) is 4.21. The molecule has 1 saturated carbocycles. The molecule has 2 heterocycles. The first kappa shape index (κ1) is 19.4. The molecule has 31 heavy (non-hydrogen) atoms. The lowest BCUT2D eigenvalue weighted by Crippen LogP contribution is -2.19. The van der Waals surface area contributed by atoms with E-state index in [1.807, 2.05) is 24.3 Å². The summed E-state index contributed by atoms with van der Waals surface area (Å²) in [5, 5.41) is 10.1. The van der Waals surface area contributed by atoms with Crippen molar-refractivity contribution in [3.63, 3.8) is 0 Å². The van der Waals surface area contributed by atoms with Crippen molar-refractivity contribution in [1.82, 2.24) is 19.9 Å². The SMILES string of the molecule is O=Cc1ccc(Oc2nccnc2[C@@H]2CCC[C@@H](O)C2)cc1-c1nc2ccccc2[nH]1. The molecule has 7 heteroatoms. The number of ether oxygens (including phenoxy) is 1. The highest BCUT2D eigenvalue weighted by atomic mass is 16.5. The Labute approximate surface area is 179 Å². The number of benzene rings is 2. The number of aromatic amines is 1. The standard InChI is InChI=1S/C24H22N4O3/c29-14-16-8-9-18(13-19(16)23-27-20-6-1-2-7-21(20)28-23)31-24-22(25-10-11-26-24)15-4-3-5-17(30)12-15/h1-2,6-11,13-15,17,30H,3-5,12H2,(H,27,28)/t15-,17-/m1/s1. The van der Waals surface area contributed by atoms with Gasteiger partial charge in [-0.3, -0.25) is 9.78 Å². The molecule has 5 rings (SSSR count). The molecule has 0 bridgehead atoms. The number of imidazole rings is 1. The molecule has 0 amide bonds. The number of aliphatic hydroxyl groups is 1. The Morgan fingerprint density at radius 3 is 2.81 bits per heavy atom. The van der Waals surface area contributed by atoms with Crippen LogP contribution in [-0.4, -0.2) is 37.4 Å². The summed E-state index contributed by atoms with van der Waals surface area (Å²) in [5.41, 5.74) is 3.65. The van der Waals surface area contributed by atoms with Crippen LogP contribution in [0, 0.1) is 0 Å². The Morgan fingerprint density at radius 2 is 1.97 bits per heavy atom. The number of hydrogen-bond acceptors (Lipinski definition) is 6. The number of para-hydroxylation sites is 2. The molecule has 4 aromatic rings. The van der Waals surface area contributed by atoms with E-state index in [0.717, 1.165) is 42.3 Å². The molecule has 2 atom stereocenters. The Hall–Kier alpha value is -3.58. The minimum atomic E-state index is -0.319. The molecule has 156 valence electrons. The zero-order valence-corrected chi connectivity index (χ0v) is 16.9. The third-order valence-corrected chi connectivity index (χ3v) is 5.74. The molecule has 2 N–H and O–H groups in total. The minimum Gasteiger partial charge on any atom is -0.437 e. The van der Waals surface area contributed by atoms with Crippen LogP contribution in [0.5, 0.6) is 11.6 Å². The van der Waals surface area contributed by atoms with Gasteiger partial charge in [0.15, 0.2) is 6.29 Å². The maximum Gasteiger partial charge on any atom is 0.241 e. The second-order valence-corrected chi connectivity index (χ2v) is 7.84. The fraction of sp³-hybridized carbons (Fsp3) is 0.250. The summed E-state index contributed by atoms with van der Waals surface area (Å²) in [6.45, 7) is 0. The van der Waals surface area contributed by atoms with Crippen LogP contribution in [-0.2, 0) is 0 Å². The molecule has 7 nitrogen and oxygen atoms in total. The van der Waals surface area contributed by atoms with E-state index < -0.39 is 0 Å². The summed E-state index contributed by atoms with van der Waals surface area (Å²) in [7, 11) is 0. The van der Waals surface area contributed by atoms with Gasteiger partial charge in [0, 0.05) is 29.4 Å². The number of nitrogens with zero attached hydrogens (tertiary/aromatic N) is 3. The van der Waals surface area contributed by atoms with Crippen LogP contribution in [0.15, 0.2) is 54.9 Å². The largest absolute Gasteiger partial charge is 0.437 e. The maximum atomic E-state index is 11.6. The van der Waals surface area contributed by atoms with E-state index in [9.17, 15) is 9.90 Å². The van der Waals surface area contributed by atoms with E-state index in [4.69, 9.17) is 4.74 Å². The van der Waals surface area contributed by atoms with Crippen molar-refractivity contribution in [3.8, 4) is 23.0 Å². The van der Waals surface area contributed by atoms with Gasteiger partial charge in [0.1, 0.15) is 17.3 Å². The van der Waals surface area contributed by atoms with Gasteiger partial charge in [-0.05, 0) is 49.6 Å². The Balaban J connectivity index is 1.50. The lowest BCUT2D eigenvalue weighted by molar-refractivity contribution is 0.112.